The molecule has 0 aromatic heterocycles. The van der Waals surface area contributed by atoms with Crippen LogP contribution in [-0.2, 0) is 27.3 Å². The SMILES string of the molecule is COC(=O)[C@@H]1Cc2ccccc2C[NH+]1CC(=O)Nc1cc(Cl)ccc1OC. The van der Waals surface area contributed by atoms with E-state index in [0.29, 0.717) is 29.4 Å². The molecule has 1 aliphatic rings. The number of methoxy groups -OCH3 is 2. The van der Waals surface area contributed by atoms with Gasteiger partial charge < -0.3 is 19.7 Å². The third kappa shape index (κ3) is 4.40. The first-order valence-corrected chi connectivity index (χ1v) is 9.02. The topological polar surface area (TPSA) is 69.1 Å². The number of halogens is 1. The summed E-state index contributed by atoms with van der Waals surface area (Å²) in [5.41, 5.74) is 2.76. The molecule has 1 unspecified atom stereocenters. The van der Waals surface area contributed by atoms with Crippen molar-refractivity contribution in [1.29, 1.82) is 0 Å². The zero-order chi connectivity index (χ0) is 19.4. The van der Waals surface area contributed by atoms with E-state index < -0.39 is 6.04 Å². The summed E-state index contributed by atoms with van der Waals surface area (Å²) in [6, 6.07) is 12.6. The first-order chi connectivity index (χ1) is 13.0. The number of nitrogens with one attached hydrogen (secondary N) is 2. The number of anilines is 1. The number of hydrogen-bond acceptors (Lipinski definition) is 4. The molecule has 27 heavy (non-hydrogen) atoms. The lowest BCUT2D eigenvalue weighted by Crippen LogP contribution is -3.17. The number of esters is 1. The van der Waals surface area contributed by atoms with Crippen molar-refractivity contribution in [3.8, 4) is 5.75 Å². The van der Waals surface area contributed by atoms with Gasteiger partial charge in [-0.1, -0.05) is 35.9 Å². The van der Waals surface area contributed by atoms with Gasteiger partial charge in [0.15, 0.2) is 12.6 Å². The molecule has 1 amide bonds. The highest BCUT2D eigenvalue weighted by Crippen LogP contribution is 2.27. The first kappa shape index (κ1) is 19.2. The van der Waals surface area contributed by atoms with E-state index in [4.69, 9.17) is 21.1 Å². The fourth-order valence-corrected chi connectivity index (χ4v) is 3.59. The molecule has 6 nitrogen and oxygen atoms in total. The molecule has 0 saturated carbocycles. The number of hydrogen-bond donors (Lipinski definition) is 2. The molecule has 0 bridgehead atoms. The maximum absolute atomic E-state index is 12.6. The van der Waals surface area contributed by atoms with Gasteiger partial charge in [0, 0.05) is 17.0 Å². The molecule has 2 aromatic carbocycles. The molecular formula is C20H22ClN2O4+. The van der Waals surface area contributed by atoms with Crippen molar-refractivity contribution >= 4 is 29.2 Å². The second kappa shape index (κ2) is 8.41. The maximum atomic E-state index is 12.6. The smallest absolute Gasteiger partial charge is 0.365 e. The van der Waals surface area contributed by atoms with Crippen molar-refractivity contribution < 1.29 is 24.0 Å². The Morgan fingerprint density at radius 3 is 2.63 bits per heavy atom. The van der Waals surface area contributed by atoms with E-state index in [2.05, 4.69) is 5.32 Å². The summed E-state index contributed by atoms with van der Waals surface area (Å²) in [7, 11) is 2.90. The van der Waals surface area contributed by atoms with Gasteiger partial charge in [-0.05, 0) is 23.8 Å². The zero-order valence-corrected chi connectivity index (χ0v) is 16.0. The second-order valence-electron chi connectivity index (χ2n) is 6.45. The Morgan fingerprint density at radius 1 is 1.19 bits per heavy atom. The van der Waals surface area contributed by atoms with Crippen molar-refractivity contribution in [2.24, 2.45) is 0 Å². The van der Waals surface area contributed by atoms with Crippen LogP contribution in [0.1, 0.15) is 11.1 Å². The summed E-state index contributed by atoms with van der Waals surface area (Å²) >= 11 is 6.02. The zero-order valence-electron chi connectivity index (χ0n) is 15.3. The normalized spacial score (nSPS) is 18.3. The Balaban J connectivity index is 1.77. The minimum atomic E-state index is -0.420. The summed E-state index contributed by atoms with van der Waals surface area (Å²) in [6.45, 7) is 0.708. The average Bonchev–Trinajstić information content (AvgIpc) is 2.67. The third-order valence-corrected chi connectivity index (χ3v) is 5.00. The third-order valence-electron chi connectivity index (χ3n) is 4.76. The minimum absolute atomic E-state index is 0.129. The first-order valence-electron chi connectivity index (χ1n) is 8.64. The number of carbonyl (C=O) groups excluding carboxylic acids is 2. The van der Waals surface area contributed by atoms with E-state index in [1.807, 2.05) is 24.3 Å². The van der Waals surface area contributed by atoms with Gasteiger partial charge in [0.1, 0.15) is 12.3 Å². The predicted octanol–water partition coefficient (Wildman–Crippen LogP) is 1.47. The summed E-state index contributed by atoms with van der Waals surface area (Å²) in [6.07, 6.45) is 0.548. The van der Waals surface area contributed by atoms with Gasteiger partial charge in [-0.15, -0.1) is 0 Å². The van der Waals surface area contributed by atoms with Crippen LogP contribution in [0.15, 0.2) is 42.5 Å². The Kier molecular flexibility index (Phi) is 5.98. The largest absolute Gasteiger partial charge is 0.495 e. The predicted molar refractivity (Wildman–Crippen MR) is 102 cm³/mol. The number of rotatable bonds is 5. The van der Waals surface area contributed by atoms with Crippen LogP contribution in [0.3, 0.4) is 0 Å². The van der Waals surface area contributed by atoms with Crippen LogP contribution in [0.5, 0.6) is 5.75 Å². The van der Waals surface area contributed by atoms with Crippen molar-refractivity contribution in [2.75, 3.05) is 26.1 Å². The van der Waals surface area contributed by atoms with E-state index in [0.717, 1.165) is 16.0 Å². The van der Waals surface area contributed by atoms with E-state index in [9.17, 15) is 9.59 Å². The molecule has 0 saturated heterocycles. The monoisotopic (exact) mass is 389 g/mol. The number of fused-ring (bicyclic) bond motifs is 1. The standard InChI is InChI=1S/C20H21ClN2O4/c1-26-18-8-7-15(21)10-16(18)22-19(24)12-23-11-14-6-4-3-5-13(14)9-17(23)20(25)27-2/h3-8,10,17H,9,11-12H2,1-2H3,(H,22,24)/p+1/t17-/m0/s1. The fraction of sp³-hybridized carbons (Fsp3) is 0.300. The van der Waals surface area contributed by atoms with Crippen LogP contribution in [0.25, 0.3) is 0 Å². The van der Waals surface area contributed by atoms with Gasteiger partial charge in [0.2, 0.25) is 0 Å². The van der Waals surface area contributed by atoms with Gasteiger partial charge >= 0.3 is 5.97 Å². The second-order valence-corrected chi connectivity index (χ2v) is 6.89. The Hall–Kier alpha value is -2.57. The lowest BCUT2D eigenvalue weighted by molar-refractivity contribution is -0.924. The fourth-order valence-electron chi connectivity index (χ4n) is 3.42. The molecule has 2 aromatic rings. The van der Waals surface area contributed by atoms with Crippen LogP contribution < -0.4 is 15.0 Å². The summed E-state index contributed by atoms with van der Waals surface area (Å²) in [5, 5.41) is 3.33. The van der Waals surface area contributed by atoms with Crippen molar-refractivity contribution in [2.45, 2.75) is 19.0 Å². The Morgan fingerprint density at radius 2 is 1.93 bits per heavy atom. The minimum Gasteiger partial charge on any atom is -0.495 e. The molecule has 142 valence electrons. The molecule has 0 spiro atoms. The molecule has 7 heteroatoms. The van der Waals surface area contributed by atoms with Gasteiger partial charge in [-0.25, -0.2) is 4.79 Å². The molecule has 0 radical (unpaired) electrons. The van der Waals surface area contributed by atoms with Crippen molar-refractivity contribution in [1.82, 2.24) is 0 Å². The molecule has 1 aliphatic heterocycles. The molecular weight excluding hydrogens is 368 g/mol. The van der Waals surface area contributed by atoms with Crippen LogP contribution >= 0.6 is 11.6 Å². The highest BCUT2D eigenvalue weighted by molar-refractivity contribution is 6.31. The Labute approximate surface area is 163 Å². The highest BCUT2D eigenvalue weighted by atomic mass is 35.5. The van der Waals surface area contributed by atoms with E-state index >= 15 is 0 Å². The molecule has 2 N–H and O–H groups in total. The van der Waals surface area contributed by atoms with Crippen LogP contribution in [0.2, 0.25) is 5.02 Å². The summed E-state index contributed by atoms with van der Waals surface area (Å²) < 4.78 is 10.2. The molecule has 3 rings (SSSR count). The van der Waals surface area contributed by atoms with Gasteiger partial charge in [-0.2, -0.15) is 0 Å². The molecule has 1 heterocycles. The molecule has 2 atom stereocenters. The highest BCUT2D eigenvalue weighted by Gasteiger charge is 2.37. The number of carbonyl (C=O) groups is 2. The average molecular weight is 390 g/mol. The lowest BCUT2D eigenvalue weighted by atomic mass is 9.94. The van der Waals surface area contributed by atoms with Crippen molar-refractivity contribution in [3.63, 3.8) is 0 Å². The van der Waals surface area contributed by atoms with Gasteiger partial charge in [-0.3, -0.25) is 4.79 Å². The van der Waals surface area contributed by atoms with Crippen molar-refractivity contribution in [3.05, 3.63) is 58.6 Å². The van der Waals surface area contributed by atoms with E-state index in [1.165, 1.54) is 14.2 Å². The summed E-state index contributed by atoms with van der Waals surface area (Å²) in [5.74, 6) is -0.0113. The van der Waals surface area contributed by atoms with E-state index in [1.54, 1.807) is 18.2 Å². The number of quaternary nitrogens is 1. The number of ether oxygens (including phenoxy) is 2. The Bertz CT molecular complexity index is 856. The van der Waals surface area contributed by atoms with Gasteiger partial charge in [0.05, 0.1) is 19.9 Å². The quantitative estimate of drug-likeness (QED) is 0.760. The van der Waals surface area contributed by atoms with E-state index in [-0.39, 0.29) is 18.4 Å². The molecule has 0 fully saturated rings. The molecule has 0 aliphatic carbocycles. The van der Waals surface area contributed by atoms with Crippen LogP contribution in [0, 0.1) is 0 Å². The number of benzene rings is 2. The van der Waals surface area contributed by atoms with Crippen LogP contribution in [-0.4, -0.2) is 38.7 Å². The lowest BCUT2D eigenvalue weighted by Gasteiger charge is -2.31. The van der Waals surface area contributed by atoms with Gasteiger partial charge in [0.25, 0.3) is 5.91 Å². The summed E-state index contributed by atoms with van der Waals surface area (Å²) in [4.78, 5) is 25.8. The number of amides is 1. The maximum Gasteiger partial charge on any atom is 0.365 e. The van der Waals surface area contributed by atoms with Crippen LogP contribution in [0.4, 0.5) is 5.69 Å².